The number of rotatable bonds is 6. The zero-order chi connectivity index (χ0) is 36.9. The molecule has 4 nitrogen and oxygen atoms in total. The van der Waals surface area contributed by atoms with Crippen molar-refractivity contribution in [2.24, 2.45) is 0 Å². The fourth-order valence-corrected chi connectivity index (χ4v) is 13.5. The van der Waals surface area contributed by atoms with Crippen LogP contribution in [0.2, 0.25) is 0 Å². The predicted molar refractivity (Wildman–Crippen MR) is 230 cm³/mol. The first kappa shape index (κ1) is 32.2. The van der Waals surface area contributed by atoms with E-state index in [1.165, 1.54) is 42.6 Å². The zero-order valence-corrected chi connectivity index (χ0v) is 30.8. The summed E-state index contributed by atoms with van der Waals surface area (Å²) in [5, 5.41) is 19.3. The standard InChI is InChI=1S/C50H32N4Si/c1-52-36-25-29-49-46(31-36)45-30-35(34-51)24-28-48(45)54(49)38-16-13-21-41(32-38)55(39-17-7-3-8-18-39,40-19-9-4-10-20-40)42-26-27-44-43-22-11-12-23-47(43)53(50(44)33-42)37-14-5-2-6-15-37/h2-33H. The first-order valence-corrected chi connectivity index (χ1v) is 20.4. The van der Waals surface area contributed by atoms with Crippen molar-refractivity contribution < 1.29 is 0 Å². The van der Waals surface area contributed by atoms with E-state index < -0.39 is 8.07 Å². The van der Waals surface area contributed by atoms with E-state index in [0.717, 1.165) is 33.2 Å². The molecule has 2 heterocycles. The Morgan fingerprint density at radius 2 is 0.964 bits per heavy atom. The molecule has 0 bridgehead atoms. The monoisotopic (exact) mass is 716 g/mol. The summed E-state index contributed by atoms with van der Waals surface area (Å²) >= 11 is 0. The molecule has 0 unspecified atom stereocenters. The van der Waals surface area contributed by atoms with E-state index in [1.807, 2.05) is 36.4 Å². The summed E-state index contributed by atoms with van der Waals surface area (Å²) in [5.41, 5.74) is 7.68. The quantitative estimate of drug-likeness (QED) is 0.0960. The third-order valence-electron chi connectivity index (χ3n) is 11.1. The van der Waals surface area contributed by atoms with Gasteiger partial charge in [-0.3, -0.25) is 0 Å². The molecule has 0 saturated carbocycles. The lowest BCUT2D eigenvalue weighted by molar-refractivity contribution is 1.18. The number of nitriles is 1. The highest BCUT2D eigenvalue weighted by atomic mass is 28.3. The lowest BCUT2D eigenvalue weighted by atomic mass is 10.1. The summed E-state index contributed by atoms with van der Waals surface area (Å²) in [6.07, 6.45) is 0. The summed E-state index contributed by atoms with van der Waals surface area (Å²) < 4.78 is 4.69. The van der Waals surface area contributed by atoms with Gasteiger partial charge < -0.3 is 9.13 Å². The Morgan fingerprint density at radius 1 is 0.418 bits per heavy atom. The van der Waals surface area contributed by atoms with Crippen LogP contribution >= 0.6 is 0 Å². The molecule has 0 amide bonds. The molecular formula is C50H32N4Si. The van der Waals surface area contributed by atoms with Crippen molar-refractivity contribution >= 4 is 78.1 Å². The molecule has 8 aromatic carbocycles. The highest BCUT2D eigenvalue weighted by Crippen LogP contribution is 2.36. The molecule has 5 heteroatoms. The Morgan fingerprint density at radius 3 is 1.67 bits per heavy atom. The van der Waals surface area contributed by atoms with Gasteiger partial charge in [0.1, 0.15) is 0 Å². The topological polar surface area (TPSA) is 38.0 Å². The minimum Gasteiger partial charge on any atom is -0.309 e. The SMILES string of the molecule is [C-]#[N+]c1ccc2c(c1)c1cc(C#N)ccc1n2-c1cccc([Si](c2ccccc2)(c2ccccc2)c2ccc3c4ccccc4n(-c4ccccc4)c3c2)c1. The third kappa shape index (κ3) is 4.96. The van der Waals surface area contributed by atoms with E-state index in [1.54, 1.807) is 0 Å². The van der Waals surface area contributed by atoms with Crippen LogP contribution in [-0.2, 0) is 0 Å². The summed E-state index contributed by atoms with van der Waals surface area (Å²) in [7, 11) is -3.01. The van der Waals surface area contributed by atoms with Gasteiger partial charge in [0.2, 0.25) is 0 Å². The van der Waals surface area contributed by atoms with Crippen molar-refractivity contribution in [1.82, 2.24) is 9.13 Å². The van der Waals surface area contributed by atoms with Crippen molar-refractivity contribution in [1.29, 1.82) is 5.26 Å². The number of benzene rings is 8. The molecule has 0 N–H and O–H groups in total. The van der Waals surface area contributed by atoms with Crippen molar-refractivity contribution in [3.63, 3.8) is 0 Å². The average molecular weight is 717 g/mol. The van der Waals surface area contributed by atoms with Crippen molar-refractivity contribution in [2.75, 3.05) is 0 Å². The lowest BCUT2D eigenvalue weighted by Crippen LogP contribution is -2.74. The molecule has 256 valence electrons. The van der Waals surface area contributed by atoms with E-state index in [-0.39, 0.29) is 0 Å². The Hall–Kier alpha value is -7.44. The molecule has 0 fully saturated rings. The van der Waals surface area contributed by atoms with Gasteiger partial charge in [-0.15, -0.1) is 0 Å². The lowest BCUT2D eigenvalue weighted by Gasteiger charge is -2.35. The van der Waals surface area contributed by atoms with Crippen molar-refractivity contribution in [3.8, 4) is 17.4 Å². The third-order valence-corrected chi connectivity index (χ3v) is 15.8. The van der Waals surface area contributed by atoms with Gasteiger partial charge in [-0.05, 0) is 92.9 Å². The van der Waals surface area contributed by atoms with Crippen LogP contribution in [0.4, 0.5) is 5.69 Å². The highest BCUT2D eigenvalue weighted by molar-refractivity contribution is 7.20. The van der Waals surface area contributed by atoms with Gasteiger partial charge in [-0.2, -0.15) is 5.26 Å². The average Bonchev–Trinajstić information content (AvgIpc) is 3.77. The summed E-state index contributed by atoms with van der Waals surface area (Å²) in [6.45, 7) is 7.73. The molecule has 0 aliphatic carbocycles. The number of hydrogen-bond acceptors (Lipinski definition) is 1. The second-order valence-corrected chi connectivity index (χ2v) is 17.8. The molecule has 0 spiro atoms. The molecule has 55 heavy (non-hydrogen) atoms. The van der Waals surface area contributed by atoms with Crippen molar-refractivity contribution in [2.45, 2.75) is 0 Å². The van der Waals surface area contributed by atoms with Crippen LogP contribution in [0.3, 0.4) is 0 Å². The Labute approximate surface area is 319 Å². The number of nitrogens with zero attached hydrogens (tertiary/aromatic N) is 4. The van der Waals surface area contributed by atoms with E-state index in [0.29, 0.717) is 11.3 Å². The zero-order valence-electron chi connectivity index (χ0n) is 29.8. The van der Waals surface area contributed by atoms with Gasteiger partial charge in [0, 0.05) is 27.5 Å². The second-order valence-electron chi connectivity index (χ2n) is 13.9. The number of fused-ring (bicyclic) bond motifs is 6. The van der Waals surface area contributed by atoms with Gasteiger partial charge in [0.05, 0.1) is 40.3 Å². The Kier molecular flexibility index (Phi) is 7.56. The fourth-order valence-electron chi connectivity index (χ4n) is 8.74. The molecule has 0 aliphatic heterocycles. The van der Waals surface area contributed by atoms with Gasteiger partial charge in [0.15, 0.2) is 13.8 Å². The molecule has 0 atom stereocenters. The van der Waals surface area contributed by atoms with Crippen LogP contribution in [0.1, 0.15) is 5.56 Å². The van der Waals surface area contributed by atoms with Gasteiger partial charge in [-0.25, -0.2) is 4.85 Å². The van der Waals surface area contributed by atoms with E-state index in [4.69, 9.17) is 6.57 Å². The second kappa shape index (κ2) is 12.9. The predicted octanol–water partition coefficient (Wildman–Crippen LogP) is 9.68. The van der Waals surface area contributed by atoms with E-state index in [9.17, 15) is 5.26 Å². The smallest absolute Gasteiger partial charge is 0.188 e. The van der Waals surface area contributed by atoms with Crippen LogP contribution in [0.5, 0.6) is 0 Å². The molecule has 2 aromatic heterocycles. The van der Waals surface area contributed by atoms with Crippen LogP contribution < -0.4 is 20.7 Å². The minimum absolute atomic E-state index is 0.575. The largest absolute Gasteiger partial charge is 0.309 e. The van der Waals surface area contributed by atoms with E-state index >= 15 is 0 Å². The molecular weight excluding hydrogens is 685 g/mol. The van der Waals surface area contributed by atoms with Crippen LogP contribution in [0.25, 0.3) is 59.8 Å². The minimum atomic E-state index is -3.01. The first-order chi connectivity index (χ1) is 27.2. The maximum absolute atomic E-state index is 9.83. The van der Waals surface area contributed by atoms with Crippen LogP contribution in [0, 0.1) is 17.9 Å². The van der Waals surface area contributed by atoms with Crippen LogP contribution in [-0.4, -0.2) is 17.2 Å². The molecule has 10 rings (SSSR count). The number of hydrogen-bond donors (Lipinski definition) is 0. The maximum Gasteiger partial charge on any atom is 0.188 e. The maximum atomic E-state index is 9.83. The Bertz CT molecular complexity index is 3050. The number of para-hydroxylation sites is 2. The number of aromatic nitrogens is 2. The van der Waals surface area contributed by atoms with Crippen LogP contribution in [0.15, 0.2) is 194 Å². The molecule has 0 radical (unpaired) electrons. The first-order valence-electron chi connectivity index (χ1n) is 18.4. The summed E-state index contributed by atoms with van der Waals surface area (Å²) in [6, 6.07) is 71.7. The molecule has 10 aromatic rings. The molecule has 0 aliphatic rings. The summed E-state index contributed by atoms with van der Waals surface area (Å²) in [5.74, 6) is 0. The van der Waals surface area contributed by atoms with E-state index in [2.05, 4.69) is 178 Å². The molecule has 0 saturated heterocycles. The van der Waals surface area contributed by atoms with Gasteiger partial charge in [-0.1, -0.05) is 127 Å². The summed E-state index contributed by atoms with van der Waals surface area (Å²) in [4.78, 5) is 3.74. The normalized spacial score (nSPS) is 11.6. The fraction of sp³-hybridized carbons (Fsp3) is 0. The highest BCUT2D eigenvalue weighted by Gasteiger charge is 2.42. The van der Waals surface area contributed by atoms with Gasteiger partial charge >= 0.3 is 0 Å². The van der Waals surface area contributed by atoms with Crippen molar-refractivity contribution in [3.05, 3.63) is 211 Å². The van der Waals surface area contributed by atoms with Gasteiger partial charge in [0.25, 0.3) is 0 Å². The Balaban J connectivity index is 1.31.